The van der Waals surface area contributed by atoms with Crippen LogP contribution in [0.3, 0.4) is 0 Å². The van der Waals surface area contributed by atoms with Crippen LogP contribution in [0.4, 0.5) is 5.82 Å². The molecule has 98 valence electrons. The molecule has 0 bridgehead atoms. The van der Waals surface area contributed by atoms with Crippen molar-refractivity contribution in [3.63, 3.8) is 0 Å². The Morgan fingerprint density at radius 3 is 2.74 bits per heavy atom. The molecule has 0 aliphatic rings. The molecule has 0 aliphatic carbocycles. The fourth-order valence-electron chi connectivity index (χ4n) is 1.33. The maximum Gasteiger partial charge on any atom is 0.264 e. The van der Waals surface area contributed by atoms with Gasteiger partial charge in [0.25, 0.3) is 10.0 Å². The first-order chi connectivity index (χ1) is 8.94. The molecule has 9 heteroatoms. The summed E-state index contributed by atoms with van der Waals surface area (Å²) in [6.07, 6.45) is 1.21. The summed E-state index contributed by atoms with van der Waals surface area (Å²) in [5.74, 6) is -0.0199. The summed E-state index contributed by atoms with van der Waals surface area (Å²) in [7, 11) is -3.93. The molecule has 1 aromatic heterocycles. The van der Waals surface area contributed by atoms with E-state index in [9.17, 15) is 8.42 Å². The molecule has 0 saturated heterocycles. The van der Waals surface area contributed by atoms with E-state index in [1.54, 1.807) is 6.07 Å². The SMILES string of the molecule is N#Cc1cn[nH]c1NS(=O)(=O)c1ccc(Cl)cc1Cl. The van der Waals surface area contributed by atoms with Gasteiger partial charge in [0.05, 0.1) is 11.2 Å². The van der Waals surface area contributed by atoms with E-state index in [-0.39, 0.29) is 21.3 Å². The second kappa shape index (κ2) is 5.09. The fraction of sp³-hybridized carbons (Fsp3) is 0. The van der Waals surface area contributed by atoms with E-state index < -0.39 is 10.0 Å². The Morgan fingerprint density at radius 1 is 1.37 bits per heavy atom. The first kappa shape index (κ1) is 13.7. The van der Waals surface area contributed by atoms with Gasteiger partial charge >= 0.3 is 0 Å². The lowest BCUT2D eigenvalue weighted by Gasteiger charge is -2.08. The van der Waals surface area contributed by atoms with Gasteiger partial charge in [-0.2, -0.15) is 10.4 Å². The first-order valence-corrected chi connectivity index (χ1v) is 7.09. The van der Waals surface area contributed by atoms with E-state index in [2.05, 4.69) is 14.9 Å². The highest BCUT2D eigenvalue weighted by atomic mass is 35.5. The standard InChI is InChI=1S/C10H6Cl2N4O2S/c11-7-1-2-9(8(12)3-7)19(17,18)16-10-6(4-13)5-14-15-10/h1-3,5H,(H2,14,15,16). The summed E-state index contributed by atoms with van der Waals surface area (Å²) in [5, 5.41) is 15.0. The summed E-state index contributed by atoms with van der Waals surface area (Å²) < 4.78 is 26.4. The van der Waals surface area contributed by atoms with Crippen molar-refractivity contribution in [3.05, 3.63) is 40.0 Å². The third-order valence-electron chi connectivity index (χ3n) is 2.18. The maximum absolute atomic E-state index is 12.1. The van der Waals surface area contributed by atoms with Gasteiger partial charge in [-0.1, -0.05) is 23.2 Å². The van der Waals surface area contributed by atoms with Crippen molar-refractivity contribution in [2.75, 3.05) is 4.72 Å². The molecule has 0 aliphatic heterocycles. The molecule has 19 heavy (non-hydrogen) atoms. The Kier molecular flexibility index (Phi) is 3.66. The van der Waals surface area contributed by atoms with E-state index in [1.807, 2.05) is 0 Å². The van der Waals surface area contributed by atoms with Gasteiger partial charge in [-0.25, -0.2) is 8.42 Å². The van der Waals surface area contributed by atoms with Crippen molar-refractivity contribution >= 4 is 39.0 Å². The normalized spacial score (nSPS) is 11.0. The van der Waals surface area contributed by atoms with Crippen LogP contribution in [-0.2, 0) is 10.0 Å². The molecular formula is C10H6Cl2N4O2S. The number of nitrogens with one attached hydrogen (secondary N) is 2. The molecule has 0 unspecified atom stereocenters. The lowest BCUT2D eigenvalue weighted by Crippen LogP contribution is -2.14. The van der Waals surface area contributed by atoms with Gasteiger partial charge in [0.1, 0.15) is 16.5 Å². The highest BCUT2D eigenvalue weighted by Gasteiger charge is 2.20. The number of anilines is 1. The largest absolute Gasteiger partial charge is 0.264 e. The van der Waals surface area contributed by atoms with Crippen LogP contribution in [0.1, 0.15) is 5.56 Å². The zero-order valence-corrected chi connectivity index (χ0v) is 11.5. The number of hydrogen-bond acceptors (Lipinski definition) is 4. The van der Waals surface area contributed by atoms with E-state index in [0.29, 0.717) is 5.02 Å². The van der Waals surface area contributed by atoms with Crippen molar-refractivity contribution in [2.24, 2.45) is 0 Å². The molecule has 0 amide bonds. The van der Waals surface area contributed by atoms with Gasteiger partial charge < -0.3 is 0 Å². The van der Waals surface area contributed by atoms with Crippen LogP contribution in [0.15, 0.2) is 29.3 Å². The van der Waals surface area contributed by atoms with E-state index in [1.165, 1.54) is 24.4 Å². The molecule has 0 saturated carbocycles. The number of aromatic amines is 1. The van der Waals surface area contributed by atoms with Gasteiger partial charge in [0.2, 0.25) is 0 Å². The quantitative estimate of drug-likeness (QED) is 0.908. The number of sulfonamides is 1. The summed E-state index contributed by atoms with van der Waals surface area (Å²) in [4.78, 5) is -0.142. The van der Waals surface area contributed by atoms with E-state index >= 15 is 0 Å². The molecule has 1 aromatic carbocycles. The molecule has 0 radical (unpaired) electrons. The summed E-state index contributed by atoms with van der Waals surface area (Å²) in [6.45, 7) is 0. The van der Waals surface area contributed by atoms with Crippen molar-refractivity contribution in [3.8, 4) is 6.07 Å². The molecule has 2 rings (SSSR count). The van der Waals surface area contributed by atoms with Gasteiger partial charge in [-0.3, -0.25) is 9.82 Å². The minimum absolute atomic E-state index is 0.0157. The zero-order chi connectivity index (χ0) is 14.0. The Morgan fingerprint density at radius 2 is 2.11 bits per heavy atom. The lowest BCUT2D eigenvalue weighted by atomic mass is 10.4. The van der Waals surface area contributed by atoms with Crippen LogP contribution in [0.25, 0.3) is 0 Å². The number of halogens is 2. The maximum atomic E-state index is 12.1. The Hall–Kier alpha value is -1.75. The molecule has 6 nitrogen and oxygen atoms in total. The average molecular weight is 317 g/mol. The second-order valence-electron chi connectivity index (χ2n) is 3.45. The van der Waals surface area contributed by atoms with Crippen LogP contribution in [0.5, 0.6) is 0 Å². The number of nitriles is 1. The zero-order valence-electron chi connectivity index (χ0n) is 9.18. The highest BCUT2D eigenvalue weighted by molar-refractivity contribution is 7.92. The Labute approximate surface area is 119 Å². The molecule has 2 N–H and O–H groups in total. The number of rotatable bonds is 3. The molecule has 0 spiro atoms. The smallest absolute Gasteiger partial charge is 0.263 e. The third kappa shape index (κ3) is 2.81. The van der Waals surface area contributed by atoms with Gasteiger partial charge in [-0.15, -0.1) is 0 Å². The number of H-pyrrole nitrogens is 1. The molecule has 2 aromatic rings. The highest BCUT2D eigenvalue weighted by Crippen LogP contribution is 2.26. The number of nitrogens with zero attached hydrogens (tertiary/aromatic N) is 2. The number of hydrogen-bond donors (Lipinski definition) is 2. The van der Waals surface area contributed by atoms with Gasteiger partial charge in [0, 0.05) is 5.02 Å². The van der Waals surface area contributed by atoms with Crippen LogP contribution >= 0.6 is 23.2 Å². The summed E-state index contributed by atoms with van der Waals surface area (Å²) >= 11 is 11.5. The summed E-state index contributed by atoms with van der Waals surface area (Å²) in [5.41, 5.74) is 0.0775. The van der Waals surface area contributed by atoms with E-state index in [0.717, 1.165) is 0 Å². The number of benzene rings is 1. The Bertz CT molecular complexity index is 764. The predicted octanol–water partition coefficient (Wildman–Crippen LogP) is 2.39. The van der Waals surface area contributed by atoms with Crippen LogP contribution in [0, 0.1) is 11.3 Å². The predicted molar refractivity (Wildman–Crippen MR) is 70.6 cm³/mol. The molecule has 0 fully saturated rings. The molecule has 0 atom stereocenters. The molecule has 1 heterocycles. The van der Waals surface area contributed by atoms with Crippen molar-refractivity contribution in [1.82, 2.24) is 10.2 Å². The monoisotopic (exact) mass is 316 g/mol. The van der Waals surface area contributed by atoms with Gasteiger partial charge in [0.15, 0.2) is 5.82 Å². The minimum Gasteiger partial charge on any atom is -0.263 e. The average Bonchev–Trinajstić information content (AvgIpc) is 2.74. The topological polar surface area (TPSA) is 98.6 Å². The first-order valence-electron chi connectivity index (χ1n) is 4.85. The van der Waals surface area contributed by atoms with Crippen molar-refractivity contribution in [2.45, 2.75) is 4.90 Å². The molecular weight excluding hydrogens is 311 g/mol. The van der Waals surface area contributed by atoms with Crippen molar-refractivity contribution in [1.29, 1.82) is 5.26 Å². The van der Waals surface area contributed by atoms with Crippen LogP contribution < -0.4 is 4.72 Å². The third-order valence-corrected chi connectivity index (χ3v) is 4.25. The second-order valence-corrected chi connectivity index (χ2v) is 5.95. The van der Waals surface area contributed by atoms with Crippen molar-refractivity contribution < 1.29 is 8.42 Å². The minimum atomic E-state index is -3.93. The van der Waals surface area contributed by atoms with E-state index in [4.69, 9.17) is 28.5 Å². The lowest BCUT2D eigenvalue weighted by molar-refractivity contribution is 0.601. The van der Waals surface area contributed by atoms with Gasteiger partial charge in [-0.05, 0) is 18.2 Å². The Balaban J connectivity index is 2.41. The van der Waals surface area contributed by atoms with Crippen LogP contribution in [-0.4, -0.2) is 18.6 Å². The fourth-order valence-corrected chi connectivity index (χ4v) is 3.14. The van der Waals surface area contributed by atoms with Crippen LogP contribution in [0.2, 0.25) is 10.0 Å². The summed E-state index contributed by atoms with van der Waals surface area (Å²) in [6, 6.07) is 5.79. The number of aromatic nitrogens is 2.